The van der Waals surface area contributed by atoms with Crippen LogP contribution in [-0.4, -0.2) is 36.1 Å². The van der Waals surface area contributed by atoms with Crippen molar-refractivity contribution in [1.82, 2.24) is 10.2 Å². The van der Waals surface area contributed by atoms with Gasteiger partial charge in [-0.05, 0) is 44.4 Å². The number of hydrogen-bond donors (Lipinski definition) is 1. The molecule has 0 aromatic carbocycles. The minimum atomic E-state index is 0.491. The van der Waals surface area contributed by atoms with Crippen LogP contribution in [0.25, 0.3) is 0 Å². The van der Waals surface area contributed by atoms with Crippen molar-refractivity contribution in [3.05, 3.63) is 0 Å². The summed E-state index contributed by atoms with van der Waals surface area (Å²) in [6.45, 7) is 8.71. The standard InChI is InChI=1S/C16H30N2/c1-3-15(7-6-8-15)12-18-13-16(9-4-5-10-16)17-11-14(18)2/h14,17H,3-13H2,1-2H3. The molecule has 0 amide bonds. The molecule has 18 heavy (non-hydrogen) atoms. The van der Waals surface area contributed by atoms with Crippen molar-refractivity contribution in [2.24, 2.45) is 5.41 Å². The highest BCUT2D eigenvalue weighted by molar-refractivity contribution is 5.02. The summed E-state index contributed by atoms with van der Waals surface area (Å²) >= 11 is 0. The second-order valence-electron chi connectivity index (χ2n) is 7.33. The summed E-state index contributed by atoms with van der Waals surface area (Å²) in [7, 11) is 0. The highest BCUT2D eigenvalue weighted by atomic mass is 15.3. The first-order chi connectivity index (χ1) is 8.67. The zero-order chi connectivity index (χ0) is 12.6. The van der Waals surface area contributed by atoms with Crippen LogP contribution in [-0.2, 0) is 0 Å². The Kier molecular flexibility index (Phi) is 3.44. The lowest BCUT2D eigenvalue weighted by atomic mass is 9.66. The fourth-order valence-electron chi connectivity index (χ4n) is 4.42. The molecular weight excluding hydrogens is 220 g/mol. The molecule has 1 unspecified atom stereocenters. The molecule has 1 atom stereocenters. The number of nitrogens with zero attached hydrogens (tertiary/aromatic N) is 1. The van der Waals surface area contributed by atoms with E-state index < -0.39 is 0 Å². The largest absolute Gasteiger partial charge is 0.308 e. The molecule has 0 radical (unpaired) electrons. The van der Waals surface area contributed by atoms with Crippen molar-refractivity contribution in [1.29, 1.82) is 0 Å². The van der Waals surface area contributed by atoms with Gasteiger partial charge in [0.15, 0.2) is 0 Å². The van der Waals surface area contributed by atoms with Crippen molar-refractivity contribution in [2.45, 2.75) is 76.8 Å². The molecule has 3 fully saturated rings. The second-order valence-corrected chi connectivity index (χ2v) is 7.33. The monoisotopic (exact) mass is 250 g/mol. The Balaban J connectivity index is 1.66. The van der Waals surface area contributed by atoms with Crippen LogP contribution in [0.5, 0.6) is 0 Å². The first-order valence-corrected chi connectivity index (χ1v) is 8.16. The van der Waals surface area contributed by atoms with Crippen LogP contribution in [0.2, 0.25) is 0 Å². The lowest BCUT2D eigenvalue weighted by Crippen LogP contribution is -2.64. The number of nitrogens with one attached hydrogen (secondary N) is 1. The maximum absolute atomic E-state index is 3.87. The summed E-state index contributed by atoms with van der Waals surface area (Å²) < 4.78 is 0. The van der Waals surface area contributed by atoms with Crippen LogP contribution >= 0.6 is 0 Å². The molecule has 1 saturated heterocycles. The second kappa shape index (κ2) is 4.79. The Labute approximate surface area is 113 Å². The Morgan fingerprint density at radius 2 is 1.83 bits per heavy atom. The molecule has 2 saturated carbocycles. The minimum Gasteiger partial charge on any atom is -0.308 e. The van der Waals surface area contributed by atoms with E-state index in [9.17, 15) is 0 Å². The molecule has 1 N–H and O–H groups in total. The Hall–Kier alpha value is -0.0800. The number of hydrogen-bond acceptors (Lipinski definition) is 2. The third kappa shape index (κ3) is 2.22. The van der Waals surface area contributed by atoms with Gasteiger partial charge in [0, 0.05) is 31.2 Å². The maximum atomic E-state index is 3.87. The SMILES string of the molecule is CCC1(CN2CC3(CCCC3)NCC2C)CCC1. The van der Waals surface area contributed by atoms with Gasteiger partial charge in [-0.3, -0.25) is 4.90 Å². The molecule has 0 aromatic rings. The molecule has 3 aliphatic rings. The minimum absolute atomic E-state index is 0.491. The van der Waals surface area contributed by atoms with Crippen molar-refractivity contribution >= 4 is 0 Å². The van der Waals surface area contributed by atoms with E-state index >= 15 is 0 Å². The predicted molar refractivity (Wildman–Crippen MR) is 76.8 cm³/mol. The first-order valence-electron chi connectivity index (χ1n) is 8.16. The molecule has 0 aromatic heterocycles. The maximum Gasteiger partial charge on any atom is 0.0309 e. The normalized spacial score (nSPS) is 34.7. The average Bonchev–Trinajstić information content (AvgIpc) is 2.77. The molecule has 104 valence electrons. The van der Waals surface area contributed by atoms with Crippen LogP contribution in [0.4, 0.5) is 0 Å². The zero-order valence-corrected chi connectivity index (χ0v) is 12.3. The fraction of sp³-hybridized carbons (Fsp3) is 1.00. The van der Waals surface area contributed by atoms with Crippen molar-refractivity contribution in [2.75, 3.05) is 19.6 Å². The molecule has 1 heterocycles. The van der Waals surface area contributed by atoms with Gasteiger partial charge in [0.2, 0.25) is 0 Å². The highest BCUT2D eigenvalue weighted by Gasteiger charge is 2.43. The Bertz CT molecular complexity index is 282. The van der Waals surface area contributed by atoms with E-state index in [4.69, 9.17) is 0 Å². The fourth-order valence-corrected chi connectivity index (χ4v) is 4.42. The van der Waals surface area contributed by atoms with E-state index in [2.05, 4.69) is 24.1 Å². The van der Waals surface area contributed by atoms with Gasteiger partial charge in [-0.2, -0.15) is 0 Å². The zero-order valence-electron chi connectivity index (χ0n) is 12.3. The highest BCUT2D eigenvalue weighted by Crippen LogP contribution is 2.45. The third-order valence-corrected chi connectivity index (χ3v) is 6.16. The Morgan fingerprint density at radius 3 is 2.39 bits per heavy atom. The van der Waals surface area contributed by atoms with E-state index in [1.807, 2.05) is 0 Å². The predicted octanol–water partition coefficient (Wildman–Crippen LogP) is 3.17. The third-order valence-electron chi connectivity index (χ3n) is 6.16. The Morgan fingerprint density at radius 1 is 1.11 bits per heavy atom. The molecule has 2 aliphatic carbocycles. The van der Waals surface area contributed by atoms with Gasteiger partial charge < -0.3 is 5.32 Å². The molecule has 2 heteroatoms. The van der Waals surface area contributed by atoms with Crippen LogP contribution in [0, 0.1) is 5.41 Å². The average molecular weight is 250 g/mol. The van der Waals surface area contributed by atoms with Crippen molar-refractivity contribution in [3.63, 3.8) is 0 Å². The van der Waals surface area contributed by atoms with Gasteiger partial charge in [0.25, 0.3) is 0 Å². The summed E-state index contributed by atoms with van der Waals surface area (Å²) in [5.41, 5.74) is 1.18. The van der Waals surface area contributed by atoms with Gasteiger partial charge in [-0.1, -0.05) is 26.2 Å². The quantitative estimate of drug-likeness (QED) is 0.827. The van der Waals surface area contributed by atoms with Crippen molar-refractivity contribution < 1.29 is 0 Å². The lowest BCUT2D eigenvalue weighted by Gasteiger charge is -2.51. The van der Waals surface area contributed by atoms with Crippen LogP contribution < -0.4 is 5.32 Å². The summed E-state index contributed by atoms with van der Waals surface area (Å²) in [4.78, 5) is 2.82. The summed E-state index contributed by atoms with van der Waals surface area (Å²) in [6.07, 6.45) is 11.5. The molecule has 2 nitrogen and oxygen atoms in total. The lowest BCUT2D eigenvalue weighted by molar-refractivity contribution is 0.00683. The summed E-state index contributed by atoms with van der Waals surface area (Å²) in [6, 6.07) is 0.736. The molecule has 3 rings (SSSR count). The van der Waals surface area contributed by atoms with E-state index in [1.165, 1.54) is 71.0 Å². The molecule has 0 bridgehead atoms. The van der Waals surface area contributed by atoms with E-state index in [-0.39, 0.29) is 0 Å². The number of piperazine rings is 1. The van der Waals surface area contributed by atoms with Crippen LogP contribution in [0.15, 0.2) is 0 Å². The van der Waals surface area contributed by atoms with E-state index in [0.29, 0.717) is 11.0 Å². The van der Waals surface area contributed by atoms with Crippen molar-refractivity contribution in [3.8, 4) is 0 Å². The van der Waals surface area contributed by atoms with E-state index in [0.717, 1.165) is 6.04 Å². The van der Waals surface area contributed by atoms with Crippen LogP contribution in [0.1, 0.15) is 65.2 Å². The molecular formula is C16H30N2. The van der Waals surface area contributed by atoms with Gasteiger partial charge in [-0.25, -0.2) is 0 Å². The van der Waals surface area contributed by atoms with Gasteiger partial charge in [-0.15, -0.1) is 0 Å². The molecule has 1 aliphatic heterocycles. The first kappa shape index (κ1) is 12.9. The van der Waals surface area contributed by atoms with Gasteiger partial charge in [0.1, 0.15) is 0 Å². The summed E-state index contributed by atoms with van der Waals surface area (Å²) in [5, 5.41) is 3.87. The topological polar surface area (TPSA) is 15.3 Å². The van der Waals surface area contributed by atoms with Gasteiger partial charge >= 0.3 is 0 Å². The van der Waals surface area contributed by atoms with Gasteiger partial charge in [0.05, 0.1) is 0 Å². The summed E-state index contributed by atoms with van der Waals surface area (Å²) in [5.74, 6) is 0. The smallest absolute Gasteiger partial charge is 0.0309 e. The van der Waals surface area contributed by atoms with E-state index in [1.54, 1.807) is 0 Å². The molecule has 1 spiro atoms. The number of rotatable bonds is 3. The van der Waals surface area contributed by atoms with Crippen LogP contribution in [0.3, 0.4) is 0 Å².